The molecule has 0 aliphatic carbocycles. The first kappa shape index (κ1) is 9.45. The number of rotatable bonds is 2. The summed E-state index contributed by atoms with van der Waals surface area (Å²) < 4.78 is 5.07. The van der Waals surface area contributed by atoms with Crippen molar-refractivity contribution in [2.75, 3.05) is 0 Å². The second-order valence-corrected chi connectivity index (χ2v) is 3.13. The van der Waals surface area contributed by atoms with Gasteiger partial charge in [-0.15, -0.1) is 0 Å². The molecule has 0 atom stereocenters. The maximum absolute atomic E-state index is 10.6. The molecule has 0 amide bonds. The third-order valence-corrected chi connectivity index (χ3v) is 2.05. The van der Waals surface area contributed by atoms with Crippen LogP contribution in [0.3, 0.4) is 0 Å². The molecule has 0 spiro atoms. The summed E-state index contributed by atoms with van der Waals surface area (Å²) in [6.07, 6.45) is 1.55. The van der Waals surface area contributed by atoms with E-state index in [0.29, 0.717) is 11.6 Å². The summed E-state index contributed by atoms with van der Waals surface area (Å²) in [4.78, 5) is 14.8. The summed E-state index contributed by atoms with van der Waals surface area (Å²) >= 11 is 0. The van der Waals surface area contributed by atoms with Gasteiger partial charge in [-0.1, -0.05) is 12.1 Å². The fraction of sp³-hybridized carbons (Fsp3) is 0.0909. The molecule has 1 heterocycles. The fourth-order valence-electron chi connectivity index (χ4n) is 1.28. The molecule has 76 valence electrons. The van der Waals surface area contributed by atoms with Crippen LogP contribution in [0.1, 0.15) is 16.2 Å². The fourth-order valence-corrected chi connectivity index (χ4v) is 1.28. The zero-order valence-electron chi connectivity index (χ0n) is 8.10. The van der Waals surface area contributed by atoms with Crippen molar-refractivity contribution in [1.29, 1.82) is 0 Å². The van der Waals surface area contributed by atoms with Crippen LogP contribution in [0, 0.1) is 6.92 Å². The van der Waals surface area contributed by atoms with Crippen LogP contribution in [0.15, 0.2) is 34.9 Å². The average Bonchev–Trinajstić information content (AvgIpc) is 2.65. The minimum atomic E-state index is -0.933. The Morgan fingerprint density at radius 3 is 2.47 bits per heavy atom. The van der Waals surface area contributed by atoms with E-state index in [1.165, 1.54) is 0 Å². The van der Waals surface area contributed by atoms with Crippen LogP contribution in [-0.2, 0) is 0 Å². The summed E-state index contributed by atoms with van der Waals surface area (Å²) in [7, 11) is 0. The maximum Gasteiger partial charge on any atom is 0.335 e. The predicted molar refractivity (Wildman–Crippen MR) is 53.6 cm³/mol. The van der Waals surface area contributed by atoms with Gasteiger partial charge in [-0.2, -0.15) is 0 Å². The van der Waals surface area contributed by atoms with Crippen molar-refractivity contribution >= 4 is 5.97 Å². The normalized spacial score (nSPS) is 10.2. The van der Waals surface area contributed by atoms with Gasteiger partial charge in [0, 0.05) is 12.5 Å². The van der Waals surface area contributed by atoms with Gasteiger partial charge < -0.3 is 9.52 Å². The highest BCUT2D eigenvalue weighted by atomic mass is 16.4. The minimum Gasteiger partial charge on any atom is -0.478 e. The Bertz CT molecular complexity index is 485. The van der Waals surface area contributed by atoms with E-state index < -0.39 is 5.97 Å². The van der Waals surface area contributed by atoms with Gasteiger partial charge in [-0.05, 0) is 12.1 Å². The molecule has 0 saturated carbocycles. The number of aromatic carboxylic acids is 1. The van der Waals surface area contributed by atoms with Crippen LogP contribution in [0.4, 0.5) is 0 Å². The van der Waals surface area contributed by atoms with Crippen LogP contribution in [0.2, 0.25) is 0 Å². The van der Waals surface area contributed by atoms with Gasteiger partial charge in [0.2, 0.25) is 0 Å². The molecule has 0 aliphatic heterocycles. The Hall–Kier alpha value is -2.10. The summed E-state index contributed by atoms with van der Waals surface area (Å²) in [6, 6.07) is 6.50. The van der Waals surface area contributed by atoms with Crippen LogP contribution in [-0.4, -0.2) is 16.1 Å². The second kappa shape index (κ2) is 3.57. The maximum atomic E-state index is 10.6. The molecule has 0 bridgehead atoms. The van der Waals surface area contributed by atoms with Gasteiger partial charge in [0.15, 0.2) is 5.89 Å². The van der Waals surface area contributed by atoms with Crippen molar-refractivity contribution in [3.63, 3.8) is 0 Å². The molecule has 4 nitrogen and oxygen atoms in total. The molecule has 15 heavy (non-hydrogen) atoms. The summed E-state index contributed by atoms with van der Waals surface area (Å²) in [5.41, 5.74) is 1.82. The molecule has 0 aliphatic rings. The molecule has 0 fully saturated rings. The number of hydrogen-bond acceptors (Lipinski definition) is 3. The molecule has 0 unspecified atom stereocenters. The lowest BCUT2D eigenvalue weighted by Gasteiger charge is -1.96. The van der Waals surface area contributed by atoms with Gasteiger partial charge >= 0.3 is 5.97 Å². The van der Waals surface area contributed by atoms with Crippen molar-refractivity contribution in [2.24, 2.45) is 0 Å². The van der Waals surface area contributed by atoms with Crippen molar-refractivity contribution in [3.05, 3.63) is 42.0 Å². The van der Waals surface area contributed by atoms with Crippen molar-refractivity contribution in [2.45, 2.75) is 6.92 Å². The largest absolute Gasteiger partial charge is 0.478 e. The average molecular weight is 203 g/mol. The summed E-state index contributed by atoms with van der Waals surface area (Å²) in [5, 5.41) is 8.72. The number of hydrogen-bond donors (Lipinski definition) is 1. The van der Waals surface area contributed by atoms with Crippen molar-refractivity contribution in [1.82, 2.24) is 4.98 Å². The lowest BCUT2D eigenvalue weighted by molar-refractivity contribution is 0.0697. The highest BCUT2D eigenvalue weighted by Gasteiger charge is 2.05. The SMILES string of the molecule is Cc1nc(-c2ccc(C(=O)O)cc2)co1. The third kappa shape index (κ3) is 1.88. The number of nitrogens with zero attached hydrogens (tertiary/aromatic N) is 1. The van der Waals surface area contributed by atoms with Crippen LogP contribution < -0.4 is 0 Å². The number of oxazole rings is 1. The van der Waals surface area contributed by atoms with Crippen LogP contribution in [0.25, 0.3) is 11.3 Å². The summed E-state index contributed by atoms with van der Waals surface area (Å²) in [6.45, 7) is 1.76. The summed E-state index contributed by atoms with van der Waals surface area (Å²) in [5.74, 6) is -0.342. The lowest BCUT2D eigenvalue weighted by atomic mass is 10.1. The number of benzene rings is 1. The highest BCUT2D eigenvalue weighted by Crippen LogP contribution is 2.18. The topological polar surface area (TPSA) is 63.3 Å². The zero-order valence-corrected chi connectivity index (χ0v) is 8.10. The molecule has 0 radical (unpaired) electrons. The molecule has 2 rings (SSSR count). The van der Waals surface area contributed by atoms with E-state index in [4.69, 9.17) is 9.52 Å². The Balaban J connectivity index is 2.35. The first-order chi connectivity index (χ1) is 7.16. The van der Waals surface area contributed by atoms with Gasteiger partial charge in [0.1, 0.15) is 12.0 Å². The molecule has 1 aromatic heterocycles. The van der Waals surface area contributed by atoms with Crippen LogP contribution >= 0.6 is 0 Å². The number of aryl methyl sites for hydroxylation is 1. The van der Waals surface area contributed by atoms with Gasteiger partial charge in [0.25, 0.3) is 0 Å². The van der Waals surface area contributed by atoms with E-state index >= 15 is 0 Å². The monoisotopic (exact) mass is 203 g/mol. The van der Waals surface area contributed by atoms with Crippen molar-refractivity contribution in [3.8, 4) is 11.3 Å². The predicted octanol–water partition coefficient (Wildman–Crippen LogP) is 2.35. The first-order valence-electron chi connectivity index (χ1n) is 4.42. The molecule has 4 heteroatoms. The quantitative estimate of drug-likeness (QED) is 0.813. The van der Waals surface area contributed by atoms with E-state index in [1.807, 2.05) is 0 Å². The van der Waals surface area contributed by atoms with E-state index in [1.54, 1.807) is 37.5 Å². The Kier molecular flexibility index (Phi) is 2.25. The van der Waals surface area contributed by atoms with E-state index in [9.17, 15) is 4.79 Å². The molecular formula is C11H9NO3. The Morgan fingerprint density at radius 2 is 2.00 bits per heavy atom. The van der Waals surface area contributed by atoms with Gasteiger partial charge in [0.05, 0.1) is 5.56 Å². The molecule has 0 saturated heterocycles. The van der Waals surface area contributed by atoms with Crippen molar-refractivity contribution < 1.29 is 14.3 Å². The highest BCUT2D eigenvalue weighted by molar-refractivity contribution is 5.88. The van der Waals surface area contributed by atoms with Gasteiger partial charge in [-0.25, -0.2) is 9.78 Å². The second-order valence-electron chi connectivity index (χ2n) is 3.13. The van der Waals surface area contributed by atoms with Crippen LogP contribution in [0.5, 0.6) is 0 Å². The Labute approximate surface area is 86.2 Å². The number of aromatic nitrogens is 1. The molecule has 1 aromatic carbocycles. The van der Waals surface area contributed by atoms with Gasteiger partial charge in [-0.3, -0.25) is 0 Å². The Morgan fingerprint density at radius 1 is 1.33 bits per heavy atom. The first-order valence-corrected chi connectivity index (χ1v) is 4.42. The van der Waals surface area contributed by atoms with E-state index in [-0.39, 0.29) is 5.56 Å². The smallest absolute Gasteiger partial charge is 0.335 e. The third-order valence-electron chi connectivity index (χ3n) is 2.05. The number of carboxylic acid groups (broad SMARTS) is 1. The van der Waals surface area contributed by atoms with E-state index in [2.05, 4.69) is 4.98 Å². The standard InChI is InChI=1S/C11H9NO3/c1-7-12-10(6-15-7)8-2-4-9(5-3-8)11(13)14/h2-6H,1H3,(H,13,14). The molecule has 1 N–H and O–H groups in total. The zero-order chi connectivity index (χ0) is 10.8. The van der Waals surface area contributed by atoms with E-state index in [0.717, 1.165) is 5.56 Å². The number of carboxylic acids is 1. The molecular weight excluding hydrogens is 194 g/mol. The lowest BCUT2D eigenvalue weighted by Crippen LogP contribution is -1.94. The molecule has 2 aromatic rings. The number of carbonyl (C=O) groups is 1. The minimum absolute atomic E-state index is 0.263.